The average molecular weight is 398 g/mol. The largest absolute Gasteiger partial charge is 0.494 e. The van der Waals surface area contributed by atoms with E-state index in [1.165, 1.54) is 4.90 Å². The number of carbonyl (C=O) groups is 3. The standard InChI is InChI=1S/C22H26N2O5/c1-4-5-14-28-19-12-8-17(9-13-19)22(27)29-15-20(25)23-18-10-6-16(7-11-18)21(26)24(2)3/h6-13H,4-5,14-15H2,1-3H3,(H,23,25). The van der Waals surface area contributed by atoms with Crippen molar-refractivity contribution in [2.24, 2.45) is 0 Å². The molecule has 7 nitrogen and oxygen atoms in total. The SMILES string of the molecule is CCCCOc1ccc(C(=O)OCC(=O)Nc2ccc(C(=O)N(C)C)cc2)cc1. The fraction of sp³-hybridized carbons (Fsp3) is 0.318. The topological polar surface area (TPSA) is 84.9 Å². The lowest BCUT2D eigenvalue weighted by Gasteiger charge is -2.11. The lowest BCUT2D eigenvalue weighted by atomic mass is 10.2. The van der Waals surface area contributed by atoms with Gasteiger partial charge >= 0.3 is 5.97 Å². The number of benzene rings is 2. The molecule has 1 N–H and O–H groups in total. The normalized spacial score (nSPS) is 10.2. The molecule has 0 aliphatic carbocycles. The molecule has 7 heteroatoms. The lowest BCUT2D eigenvalue weighted by molar-refractivity contribution is -0.119. The van der Waals surface area contributed by atoms with Crippen LogP contribution in [0.4, 0.5) is 5.69 Å². The number of ether oxygens (including phenoxy) is 2. The number of carbonyl (C=O) groups excluding carboxylic acids is 3. The summed E-state index contributed by atoms with van der Waals surface area (Å²) in [6.45, 7) is 2.30. The van der Waals surface area contributed by atoms with Gasteiger partial charge in [0.1, 0.15) is 5.75 Å². The molecule has 0 aliphatic rings. The molecule has 0 saturated heterocycles. The van der Waals surface area contributed by atoms with Crippen LogP contribution in [0.15, 0.2) is 48.5 Å². The number of esters is 1. The predicted octanol–water partition coefficient (Wildman–Crippen LogP) is 3.36. The molecular formula is C22H26N2O5. The van der Waals surface area contributed by atoms with Gasteiger partial charge in [0.15, 0.2) is 6.61 Å². The zero-order valence-electron chi connectivity index (χ0n) is 16.9. The molecule has 0 heterocycles. The highest BCUT2D eigenvalue weighted by Gasteiger charge is 2.12. The van der Waals surface area contributed by atoms with Gasteiger partial charge in [-0.3, -0.25) is 9.59 Å². The van der Waals surface area contributed by atoms with Crippen LogP contribution in [-0.2, 0) is 9.53 Å². The van der Waals surface area contributed by atoms with Gasteiger partial charge in [-0.1, -0.05) is 13.3 Å². The van der Waals surface area contributed by atoms with Gasteiger partial charge in [0, 0.05) is 25.3 Å². The van der Waals surface area contributed by atoms with Gasteiger partial charge in [0.25, 0.3) is 11.8 Å². The van der Waals surface area contributed by atoms with E-state index in [2.05, 4.69) is 12.2 Å². The summed E-state index contributed by atoms with van der Waals surface area (Å²) in [5, 5.41) is 2.62. The Bertz CT molecular complexity index is 829. The van der Waals surface area contributed by atoms with Gasteiger partial charge in [0.05, 0.1) is 12.2 Å². The van der Waals surface area contributed by atoms with Crippen molar-refractivity contribution in [1.82, 2.24) is 4.90 Å². The number of nitrogens with one attached hydrogen (secondary N) is 1. The maximum atomic E-state index is 12.1. The quantitative estimate of drug-likeness (QED) is 0.517. The predicted molar refractivity (Wildman–Crippen MR) is 110 cm³/mol. The molecule has 2 aromatic carbocycles. The molecule has 0 atom stereocenters. The van der Waals surface area contributed by atoms with Crippen molar-refractivity contribution < 1.29 is 23.9 Å². The number of anilines is 1. The van der Waals surface area contributed by atoms with Crippen molar-refractivity contribution >= 4 is 23.5 Å². The molecule has 0 spiro atoms. The first-order valence-corrected chi connectivity index (χ1v) is 9.42. The molecule has 0 unspecified atom stereocenters. The molecule has 0 bridgehead atoms. The van der Waals surface area contributed by atoms with Gasteiger partial charge in [-0.15, -0.1) is 0 Å². The summed E-state index contributed by atoms with van der Waals surface area (Å²) in [5.74, 6) is -0.501. The van der Waals surface area contributed by atoms with Gasteiger partial charge in [0.2, 0.25) is 0 Å². The minimum atomic E-state index is -0.591. The van der Waals surface area contributed by atoms with Gasteiger partial charge in [-0.2, -0.15) is 0 Å². The van der Waals surface area contributed by atoms with Crippen molar-refractivity contribution in [3.63, 3.8) is 0 Å². The third kappa shape index (κ3) is 6.95. The highest BCUT2D eigenvalue weighted by Crippen LogP contribution is 2.14. The van der Waals surface area contributed by atoms with Crippen LogP contribution in [0.25, 0.3) is 0 Å². The summed E-state index contributed by atoms with van der Waals surface area (Å²) in [7, 11) is 3.33. The van der Waals surface area contributed by atoms with E-state index in [-0.39, 0.29) is 5.91 Å². The Morgan fingerprint density at radius 1 is 0.931 bits per heavy atom. The number of nitrogens with zero attached hydrogens (tertiary/aromatic N) is 1. The summed E-state index contributed by atoms with van der Waals surface area (Å²) in [4.78, 5) is 37.4. The van der Waals surface area contributed by atoms with E-state index >= 15 is 0 Å². The van der Waals surface area contributed by atoms with Crippen LogP contribution in [-0.4, -0.2) is 50.0 Å². The van der Waals surface area contributed by atoms with Crippen LogP contribution in [0.5, 0.6) is 5.75 Å². The fourth-order valence-electron chi connectivity index (χ4n) is 2.39. The van der Waals surface area contributed by atoms with E-state index in [1.54, 1.807) is 62.6 Å². The monoisotopic (exact) mass is 398 g/mol. The molecule has 0 aliphatic heterocycles. The Balaban J connectivity index is 1.81. The van der Waals surface area contributed by atoms with Crippen LogP contribution < -0.4 is 10.1 Å². The van der Waals surface area contributed by atoms with Crippen LogP contribution in [0.1, 0.15) is 40.5 Å². The Morgan fingerprint density at radius 2 is 1.55 bits per heavy atom. The molecule has 2 amide bonds. The highest BCUT2D eigenvalue weighted by atomic mass is 16.5. The first kappa shape index (κ1) is 21.9. The van der Waals surface area contributed by atoms with E-state index in [1.807, 2.05) is 0 Å². The van der Waals surface area contributed by atoms with Crippen LogP contribution in [0.3, 0.4) is 0 Å². The molecule has 0 fully saturated rings. The van der Waals surface area contributed by atoms with Gasteiger partial charge in [-0.05, 0) is 55.0 Å². The molecule has 2 aromatic rings. The maximum absolute atomic E-state index is 12.1. The fourth-order valence-corrected chi connectivity index (χ4v) is 2.39. The van der Waals surface area contributed by atoms with Crippen molar-refractivity contribution in [1.29, 1.82) is 0 Å². The summed E-state index contributed by atoms with van der Waals surface area (Å²) in [6.07, 6.45) is 2.01. The van der Waals surface area contributed by atoms with Crippen LogP contribution >= 0.6 is 0 Å². The number of amides is 2. The van der Waals surface area contributed by atoms with Crippen LogP contribution in [0, 0.1) is 0 Å². The van der Waals surface area contributed by atoms with E-state index in [0.29, 0.717) is 29.2 Å². The Labute approximate surface area is 170 Å². The second-order valence-corrected chi connectivity index (χ2v) is 6.63. The summed E-state index contributed by atoms with van der Waals surface area (Å²) in [5.41, 5.74) is 1.36. The lowest BCUT2D eigenvalue weighted by Crippen LogP contribution is -2.22. The second kappa shape index (κ2) is 10.8. The molecule has 0 aromatic heterocycles. The molecular weight excluding hydrogens is 372 g/mol. The second-order valence-electron chi connectivity index (χ2n) is 6.63. The van der Waals surface area contributed by atoms with Gasteiger partial charge < -0.3 is 19.7 Å². The van der Waals surface area contributed by atoms with Crippen LogP contribution in [0.2, 0.25) is 0 Å². The Kier molecular flexibility index (Phi) is 8.21. The van der Waals surface area contributed by atoms with E-state index in [4.69, 9.17) is 9.47 Å². The van der Waals surface area contributed by atoms with E-state index in [0.717, 1.165) is 12.8 Å². The third-order valence-corrected chi connectivity index (χ3v) is 4.01. The van der Waals surface area contributed by atoms with Crippen molar-refractivity contribution in [2.45, 2.75) is 19.8 Å². The van der Waals surface area contributed by atoms with E-state index in [9.17, 15) is 14.4 Å². The summed E-state index contributed by atoms with van der Waals surface area (Å²) >= 11 is 0. The minimum absolute atomic E-state index is 0.126. The number of hydrogen-bond donors (Lipinski definition) is 1. The molecule has 29 heavy (non-hydrogen) atoms. The Morgan fingerprint density at radius 3 is 2.14 bits per heavy atom. The summed E-state index contributed by atoms with van der Waals surface area (Å²) < 4.78 is 10.6. The van der Waals surface area contributed by atoms with Crippen molar-refractivity contribution in [3.05, 3.63) is 59.7 Å². The van der Waals surface area contributed by atoms with Gasteiger partial charge in [-0.25, -0.2) is 4.79 Å². The van der Waals surface area contributed by atoms with Crippen molar-refractivity contribution in [3.8, 4) is 5.75 Å². The zero-order chi connectivity index (χ0) is 21.2. The smallest absolute Gasteiger partial charge is 0.338 e. The molecule has 0 saturated carbocycles. The minimum Gasteiger partial charge on any atom is -0.494 e. The third-order valence-electron chi connectivity index (χ3n) is 4.01. The first-order valence-electron chi connectivity index (χ1n) is 9.42. The van der Waals surface area contributed by atoms with Crippen molar-refractivity contribution in [2.75, 3.05) is 32.6 Å². The average Bonchev–Trinajstić information content (AvgIpc) is 2.72. The van der Waals surface area contributed by atoms with E-state index < -0.39 is 18.5 Å². The number of unbranched alkanes of at least 4 members (excludes halogenated alkanes) is 1. The number of hydrogen-bond acceptors (Lipinski definition) is 5. The highest BCUT2D eigenvalue weighted by molar-refractivity contribution is 5.97. The molecule has 2 rings (SSSR count). The molecule has 154 valence electrons. The number of rotatable bonds is 9. The molecule has 0 radical (unpaired) electrons. The Hall–Kier alpha value is -3.35. The zero-order valence-corrected chi connectivity index (χ0v) is 16.9. The summed E-state index contributed by atoms with van der Waals surface area (Å²) in [6, 6.07) is 13.1. The maximum Gasteiger partial charge on any atom is 0.338 e. The first-order chi connectivity index (χ1) is 13.9.